The van der Waals surface area contributed by atoms with Crippen molar-refractivity contribution in [1.29, 1.82) is 0 Å². The Hall–Kier alpha value is -1.64. The normalized spacial score (nSPS) is 9.88. The van der Waals surface area contributed by atoms with E-state index in [2.05, 4.69) is 11.6 Å². The number of rotatable bonds is 6. The van der Waals surface area contributed by atoms with Crippen LogP contribution < -0.4 is 4.74 Å². The molecule has 16 heavy (non-hydrogen) atoms. The zero-order chi connectivity index (χ0) is 12.0. The lowest BCUT2D eigenvalue weighted by Crippen LogP contribution is -2.04. The minimum absolute atomic E-state index is 0.179. The number of Topliss-reactive ketones (excluding diaryl/α,β-unsaturated/α-hetero) is 1. The van der Waals surface area contributed by atoms with Gasteiger partial charge in [-0.2, -0.15) is 0 Å². The quantitative estimate of drug-likeness (QED) is 0.690. The van der Waals surface area contributed by atoms with Crippen LogP contribution in [0.3, 0.4) is 0 Å². The molecule has 0 fully saturated rings. The number of carbonyl (C=O) groups is 1. The van der Waals surface area contributed by atoms with E-state index in [0.717, 1.165) is 17.6 Å². The van der Waals surface area contributed by atoms with E-state index in [1.807, 2.05) is 13.0 Å². The van der Waals surface area contributed by atoms with Crippen molar-refractivity contribution in [3.63, 3.8) is 0 Å². The van der Waals surface area contributed by atoms with Crippen LogP contribution in [0.15, 0.2) is 30.5 Å². The standard InChI is InChI=1S/C13H17NO2/c1-4-10(2)7-12(15)8-11-5-6-13(16-3)14-9-11/h5-6,9H,2,4,7-8H2,1,3H3. The molecular weight excluding hydrogens is 202 g/mol. The van der Waals surface area contributed by atoms with Crippen molar-refractivity contribution < 1.29 is 9.53 Å². The summed E-state index contributed by atoms with van der Waals surface area (Å²) in [6.07, 6.45) is 3.40. The maximum absolute atomic E-state index is 11.6. The fourth-order valence-electron chi connectivity index (χ4n) is 1.33. The third-order valence-electron chi connectivity index (χ3n) is 2.36. The van der Waals surface area contributed by atoms with E-state index in [9.17, 15) is 4.79 Å². The number of hydrogen-bond acceptors (Lipinski definition) is 3. The average molecular weight is 219 g/mol. The molecule has 0 saturated heterocycles. The lowest BCUT2D eigenvalue weighted by molar-refractivity contribution is -0.117. The maximum atomic E-state index is 11.6. The molecular formula is C13H17NO2. The zero-order valence-electron chi connectivity index (χ0n) is 9.82. The molecule has 0 radical (unpaired) electrons. The second kappa shape index (κ2) is 6.05. The Labute approximate surface area is 96.2 Å². The van der Waals surface area contributed by atoms with Crippen molar-refractivity contribution in [2.45, 2.75) is 26.2 Å². The third-order valence-corrected chi connectivity index (χ3v) is 2.36. The minimum atomic E-state index is 0.179. The van der Waals surface area contributed by atoms with Crippen molar-refractivity contribution in [2.24, 2.45) is 0 Å². The molecule has 0 atom stereocenters. The number of hydrogen-bond donors (Lipinski definition) is 0. The SMILES string of the molecule is C=C(CC)CC(=O)Cc1ccc(OC)nc1. The molecule has 0 aliphatic rings. The highest BCUT2D eigenvalue weighted by Crippen LogP contribution is 2.10. The van der Waals surface area contributed by atoms with Gasteiger partial charge in [-0.05, 0) is 12.0 Å². The number of carbonyl (C=O) groups excluding carboxylic acids is 1. The molecule has 0 amide bonds. The largest absolute Gasteiger partial charge is 0.481 e. The number of nitrogens with zero attached hydrogens (tertiary/aromatic N) is 1. The highest BCUT2D eigenvalue weighted by molar-refractivity contribution is 5.82. The van der Waals surface area contributed by atoms with Gasteiger partial charge in [-0.25, -0.2) is 4.98 Å². The number of pyridine rings is 1. The molecule has 3 nitrogen and oxygen atoms in total. The Balaban J connectivity index is 2.52. The first kappa shape index (κ1) is 12.4. The van der Waals surface area contributed by atoms with E-state index in [0.29, 0.717) is 18.7 Å². The van der Waals surface area contributed by atoms with Crippen LogP contribution in [0.2, 0.25) is 0 Å². The van der Waals surface area contributed by atoms with Gasteiger partial charge in [0, 0.05) is 25.1 Å². The molecule has 0 bridgehead atoms. The van der Waals surface area contributed by atoms with Crippen molar-refractivity contribution in [3.05, 3.63) is 36.0 Å². The van der Waals surface area contributed by atoms with Crippen LogP contribution in [-0.4, -0.2) is 17.9 Å². The van der Waals surface area contributed by atoms with E-state index in [1.54, 1.807) is 19.4 Å². The highest BCUT2D eigenvalue weighted by Gasteiger charge is 2.05. The second-order valence-corrected chi connectivity index (χ2v) is 3.70. The van der Waals surface area contributed by atoms with Gasteiger partial charge >= 0.3 is 0 Å². The summed E-state index contributed by atoms with van der Waals surface area (Å²) in [4.78, 5) is 15.7. The molecule has 86 valence electrons. The van der Waals surface area contributed by atoms with E-state index >= 15 is 0 Å². The highest BCUT2D eigenvalue weighted by atomic mass is 16.5. The van der Waals surface area contributed by atoms with Gasteiger partial charge in [0.15, 0.2) is 0 Å². The van der Waals surface area contributed by atoms with E-state index in [1.165, 1.54) is 0 Å². The van der Waals surface area contributed by atoms with Crippen LogP contribution in [0.5, 0.6) is 5.88 Å². The van der Waals surface area contributed by atoms with Gasteiger partial charge in [-0.15, -0.1) is 0 Å². The fourth-order valence-corrected chi connectivity index (χ4v) is 1.33. The maximum Gasteiger partial charge on any atom is 0.212 e. The van der Waals surface area contributed by atoms with Gasteiger partial charge < -0.3 is 4.74 Å². The monoisotopic (exact) mass is 219 g/mol. The molecule has 1 aromatic heterocycles. The number of aromatic nitrogens is 1. The Kier molecular flexibility index (Phi) is 4.70. The summed E-state index contributed by atoms with van der Waals surface area (Å²) in [7, 11) is 1.57. The van der Waals surface area contributed by atoms with Crippen LogP contribution in [0, 0.1) is 0 Å². The Morgan fingerprint density at radius 1 is 1.50 bits per heavy atom. The second-order valence-electron chi connectivity index (χ2n) is 3.70. The van der Waals surface area contributed by atoms with Crippen molar-refractivity contribution in [3.8, 4) is 5.88 Å². The summed E-state index contributed by atoms with van der Waals surface area (Å²) in [6.45, 7) is 5.83. The van der Waals surface area contributed by atoms with E-state index in [-0.39, 0.29) is 5.78 Å². The number of methoxy groups -OCH3 is 1. The predicted octanol–water partition coefficient (Wildman–Crippen LogP) is 2.56. The first-order chi connectivity index (χ1) is 7.65. The van der Waals surface area contributed by atoms with Crippen molar-refractivity contribution in [2.75, 3.05) is 7.11 Å². The lowest BCUT2D eigenvalue weighted by Gasteiger charge is -2.03. The van der Waals surface area contributed by atoms with Crippen LogP contribution in [0.25, 0.3) is 0 Å². The van der Waals surface area contributed by atoms with Gasteiger partial charge in [-0.3, -0.25) is 4.79 Å². The first-order valence-electron chi connectivity index (χ1n) is 5.33. The van der Waals surface area contributed by atoms with Gasteiger partial charge in [0.1, 0.15) is 5.78 Å². The van der Waals surface area contributed by atoms with Gasteiger partial charge in [0.2, 0.25) is 5.88 Å². The van der Waals surface area contributed by atoms with Gasteiger partial charge in [0.05, 0.1) is 7.11 Å². The average Bonchev–Trinajstić information content (AvgIpc) is 2.29. The molecule has 0 aliphatic heterocycles. The summed E-state index contributed by atoms with van der Waals surface area (Å²) in [5.74, 6) is 0.744. The molecule has 0 spiro atoms. The minimum Gasteiger partial charge on any atom is -0.481 e. The molecule has 1 heterocycles. The number of allylic oxidation sites excluding steroid dienone is 1. The van der Waals surface area contributed by atoms with Crippen LogP contribution in [-0.2, 0) is 11.2 Å². The molecule has 0 N–H and O–H groups in total. The summed E-state index contributed by atoms with van der Waals surface area (Å²) >= 11 is 0. The zero-order valence-corrected chi connectivity index (χ0v) is 9.82. The Morgan fingerprint density at radius 3 is 2.75 bits per heavy atom. The number of ether oxygens (including phenoxy) is 1. The predicted molar refractivity (Wildman–Crippen MR) is 63.5 cm³/mol. The van der Waals surface area contributed by atoms with Crippen molar-refractivity contribution >= 4 is 5.78 Å². The van der Waals surface area contributed by atoms with Crippen molar-refractivity contribution in [1.82, 2.24) is 4.98 Å². The molecule has 1 aromatic rings. The van der Waals surface area contributed by atoms with Crippen LogP contribution >= 0.6 is 0 Å². The smallest absolute Gasteiger partial charge is 0.212 e. The van der Waals surface area contributed by atoms with E-state index in [4.69, 9.17) is 4.74 Å². The van der Waals surface area contributed by atoms with Crippen LogP contribution in [0.4, 0.5) is 0 Å². The third kappa shape index (κ3) is 3.85. The molecule has 0 aliphatic carbocycles. The van der Waals surface area contributed by atoms with Gasteiger partial charge in [-0.1, -0.05) is 25.1 Å². The molecule has 0 saturated carbocycles. The summed E-state index contributed by atoms with van der Waals surface area (Å²) < 4.78 is 4.95. The number of ketones is 1. The topological polar surface area (TPSA) is 39.2 Å². The van der Waals surface area contributed by atoms with Gasteiger partial charge in [0.25, 0.3) is 0 Å². The molecule has 0 unspecified atom stereocenters. The molecule has 0 aromatic carbocycles. The summed E-state index contributed by atoms with van der Waals surface area (Å²) in [6, 6.07) is 3.62. The molecule has 1 rings (SSSR count). The summed E-state index contributed by atoms with van der Waals surface area (Å²) in [5, 5.41) is 0. The van der Waals surface area contributed by atoms with Crippen LogP contribution in [0.1, 0.15) is 25.3 Å². The molecule has 3 heteroatoms. The first-order valence-corrected chi connectivity index (χ1v) is 5.33. The summed E-state index contributed by atoms with van der Waals surface area (Å²) in [5.41, 5.74) is 1.89. The van der Waals surface area contributed by atoms with E-state index < -0.39 is 0 Å². The fraction of sp³-hybridized carbons (Fsp3) is 0.385. The Bertz CT molecular complexity index is 368. The lowest BCUT2D eigenvalue weighted by atomic mass is 10.0. The Morgan fingerprint density at radius 2 is 2.25 bits per heavy atom.